The van der Waals surface area contributed by atoms with Gasteiger partial charge in [-0.15, -0.1) is 24.8 Å². The normalized spacial score (nSPS) is 16.5. The first-order chi connectivity index (χ1) is 9.26. The summed E-state index contributed by atoms with van der Waals surface area (Å²) in [6.07, 6.45) is 2.36. The first-order valence-electron chi connectivity index (χ1n) is 7.04. The number of methoxy groups -OCH3 is 1. The Morgan fingerprint density at radius 1 is 1.29 bits per heavy atom. The second kappa shape index (κ2) is 10.7. The van der Waals surface area contributed by atoms with Gasteiger partial charge in [0, 0.05) is 42.3 Å². The van der Waals surface area contributed by atoms with E-state index in [-0.39, 0.29) is 24.8 Å². The van der Waals surface area contributed by atoms with Gasteiger partial charge in [0.05, 0.1) is 7.11 Å². The lowest BCUT2D eigenvalue weighted by Gasteiger charge is -2.35. The van der Waals surface area contributed by atoms with Gasteiger partial charge >= 0.3 is 0 Å². The molecule has 1 aliphatic rings. The second-order valence-electron chi connectivity index (χ2n) is 4.98. The van der Waals surface area contributed by atoms with Crippen LogP contribution in [0.3, 0.4) is 0 Å². The maximum absolute atomic E-state index is 5.56. The maximum Gasteiger partial charge on any atom is 0.123 e. The molecule has 1 aliphatic heterocycles. The molecule has 0 aliphatic carbocycles. The molecule has 1 N–H and O–H groups in total. The highest BCUT2D eigenvalue weighted by Crippen LogP contribution is 2.34. The minimum atomic E-state index is 0. The number of ether oxygens (including phenoxy) is 1. The van der Waals surface area contributed by atoms with E-state index in [0.29, 0.717) is 6.04 Å². The van der Waals surface area contributed by atoms with Gasteiger partial charge in [0.1, 0.15) is 5.75 Å². The molecule has 3 nitrogen and oxygen atoms in total. The average Bonchev–Trinajstić information content (AvgIpc) is 2.45. The lowest BCUT2D eigenvalue weighted by atomic mass is 9.99. The zero-order valence-corrected chi connectivity index (χ0v) is 15.8. The second-order valence-corrected chi connectivity index (χ2v) is 5.89. The molecule has 0 amide bonds. The van der Waals surface area contributed by atoms with Crippen molar-refractivity contribution in [3.8, 4) is 5.75 Å². The molecule has 2 rings (SSSR count). The molecule has 0 bridgehead atoms. The van der Waals surface area contributed by atoms with Crippen LogP contribution >= 0.6 is 40.7 Å². The van der Waals surface area contributed by atoms with Crippen molar-refractivity contribution in [3.63, 3.8) is 0 Å². The first kappa shape index (κ1) is 21.0. The van der Waals surface area contributed by atoms with E-state index in [0.717, 1.165) is 36.4 Å². The van der Waals surface area contributed by atoms with Crippen LogP contribution in [0.5, 0.6) is 5.75 Å². The standard InChI is InChI=1S/C15H23BrN2O.2ClH/c1-3-4-14(18-9-7-17-8-10-18)13-11-12(16)5-6-15(13)19-2;;/h5-6,11,14,17H,3-4,7-10H2,1-2H3;2*1H/t14-;;/m1../s1. The molecule has 0 unspecified atom stereocenters. The summed E-state index contributed by atoms with van der Waals surface area (Å²) in [5, 5.41) is 3.42. The van der Waals surface area contributed by atoms with Crippen molar-refractivity contribution in [1.82, 2.24) is 10.2 Å². The van der Waals surface area contributed by atoms with Gasteiger partial charge in [-0.2, -0.15) is 0 Å². The Morgan fingerprint density at radius 3 is 2.52 bits per heavy atom. The molecule has 122 valence electrons. The molecule has 0 aromatic heterocycles. The van der Waals surface area contributed by atoms with Crippen LogP contribution in [0.2, 0.25) is 0 Å². The fourth-order valence-electron chi connectivity index (χ4n) is 2.77. The highest BCUT2D eigenvalue weighted by Gasteiger charge is 2.24. The number of rotatable bonds is 5. The fourth-order valence-corrected chi connectivity index (χ4v) is 3.15. The highest BCUT2D eigenvalue weighted by atomic mass is 79.9. The van der Waals surface area contributed by atoms with Crippen LogP contribution in [0.15, 0.2) is 22.7 Å². The number of benzene rings is 1. The van der Waals surface area contributed by atoms with E-state index in [1.54, 1.807) is 7.11 Å². The third-order valence-electron chi connectivity index (χ3n) is 3.71. The van der Waals surface area contributed by atoms with Gasteiger partial charge in [-0.1, -0.05) is 29.3 Å². The number of piperazine rings is 1. The molecule has 1 fully saturated rings. The molecule has 6 heteroatoms. The van der Waals surface area contributed by atoms with E-state index >= 15 is 0 Å². The number of nitrogens with zero attached hydrogens (tertiary/aromatic N) is 1. The van der Waals surface area contributed by atoms with Crippen LogP contribution in [-0.2, 0) is 0 Å². The van der Waals surface area contributed by atoms with Crippen molar-refractivity contribution in [2.24, 2.45) is 0 Å². The Bertz CT molecular complexity index is 415. The molecule has 0 radical (unpaired) electrons. The molecule has 1 saturated heterocycles. The van der Waals surface area contributed by atoms with E-state index in [1.807, 2.05) is 6.07 Å². The van der Waals surface area contributed by atoms with Crippen LogP contribution in [0, 0.1) is 0 Å². The van der Waals surface area contributed by atoms with Crippen molar-refractivity contribution >= 4 is 40.7 Å². The Hall–Kier alpha value is -0.000000000000000111. The predicted octanol–water partition coefficient (Wildman–Crippen LogP) is 4.05. The number of halogens is 3. The number of hydrogen-bond donors (Lipinski definition) is 1. The monoisotopic (exact) mass is 398 g/mol. The SMILES string of the molecule is CCC[C@H](c1cc(Br)ccc1OC)N1CCNCC1.Cl.Cl. The van der Waals surface area contributed by atoms with Crippen LogP contribution in [0.1, 0.15) is 31.4 Å². The van der Waals surface area contributed by atoms with E-state index in [9.17, 15) is 0 Å². The Balaban J connectivity index is 0.00000200. The summed E-state index contributed by atoms with van der Waals surface area (Å²) in [6.45, 7) is 6.63. The first-order valence-corrected chi connectivity index (χ1v) is 7.83. The van der Waals surface area contributed by atoms with Gasteiger partial charge < -0.3 is 10.1 Å². The van der Waals surface area contributed by atoms with Crippen molar-refractivity contribution in [2.75, 3.05) is 33.3 Å². The molecule has 1 aromatic rings. The maximum atomic E-state index is 5.56. The fraction of sp³-hybridized carbons (Fsp3) is 0.600. The van der Waals surface area contributed by atoms with Crippen molar-refractivity contribution in [1.29, 1.82) is 0 Å². The summed E-state index contributed by atoms with van der Waals surface area (Å²) in [6, 6.07) is 6.77. The van der Waals surface area contributed by atoms with Gasteiger partial charge in [-0.25, -0.2) is 0 Å². The number of hydrogen-bond acceptors (Lipinski definition) is 3. The third kappa shape index (κ3) is 5.61. The highest BCUT2D eigenvalue weighted by molar-refractivity contribution is 9.10. The Labute approximate surface area is 148 Å². The third-order valence-corrected chi connectivity index (χ3v) is 4.20. The topological polar surface area (TPSA) is 24.5 Å². The summed E-state index contributed by atoms with van der Waals surface area (Å²) in [7, 11) is 1.76. The van der Waals surface area contributed by atoms with Crippen LogP contribution in [0.25, 0.3) is 0 Å². The summed E-state index contributed by atoms with van der Waals surface area (Å²) < 4.78 is 6.68. The van der Waals surface area contributed by atoms with Crippen LogP contribution in [0.4, 0.5) is 0 Å². The van der Waals surface area contributed by atoms with Crippen LogP contribution < -0.4 is 10.1 Å². The minimum Gasteiger partial charge on any atom is -0.496 e. The van der Waals surface area contributed by atoms with Gasteiger partial charge in [0.25, 0.3) is 0 Å². The Kier molecular flexibility index (Phi) is 10.7. The largest absolute Gasteiger partial charge is 0.496 e. The summed E-state index contributed by atoms with van der Waals surface area (Å²) in [4.78, 5) is 2.57. The van der Waals surface area contributed by atoms with Gasteiger partial charge in [0.2, 0.25) is 0 Å². The quantitative estimate of drug-likeness (QED) is 0.808. The molecular weight excluding hydrogens is 375 g/mol. The van der Waals surface area contributed by atoms with Crippen LogP contribution in [-0.4, -0.2) is 38.2 Å². The van der Waals surface area contributed by atoms with E-state index in [2.05, 4.69) is 45.2 Å². The van der Waals surface area contributed by atoms with Gasteiger partial charge in [-0.3, -0.25) is 4.90 Å². The molecule has 21 heavy (non-hydrogen) atoms. The van der Waals surface area contributed by atoms with E-state index < -0.39 is 0 Å². The average molecular weight is 400 g/mol. The zero-order chi connectivity index (χ0) is 13.7. The molecule has 1 atom stereocenters. The lowest BCUT2D eigenvalue weighted by Crippen LogP contribution is -2.45. The van der Waals surface area contributed by atoms with E-state index in [1.165, 1.54) is 18.4 Å². The zero-order valence-electron chi connectivity index (χ0n) is 12.6. The molecule has 1 heterocycles. The van der Waals surface area contributed by atoms with Gasteiger partial charge in [-0.05, 0) is 24.6 Å². The lowest BCUT2D eigenvalue weighted by molar-refractivity contribution is 0.162. The van der Waals surface area contributed by atoms with E-state index in [4.69, 9.17) is 4.74 Å². The summed E-state index contributed by atoms with van der Waals surface area (Å²) in [5.74, 6) is 1.00. The molecule has 1 aromatic carbocycles. The summed E-state index contributed by atoms with van der Waals surface area (Å²) in [5.41, 5.74) is 1.31. The van der Waals surface area contributed by atoms with Gasteiger partial charge in [0.15, 0.2) is 0 Å². The summed E-state index contributed by atoms with van der Waals surface area (Å²) >= 11 is 3.58. The molecule has 0 saturated carbocycles. The number of nitrogens with one attached hydrogen (secondary N) is 1. The molecular formula is C15H25BrCl2N2O. The van der Waals surface area contributed by atoms with Crippen molar-refractivity contribution in [2.45, 2.75) is 25.8 Å². The molecule has 0 spiro atoms. The minimum absolute atomic E-state index is 0. The van der Waals surface area contributed by atoms with Crippen molar-refractivity contribution in [3.05, 3.63) is 28.2 Å². The van der Waals surface area contributed by atoms with Crippen molar-refractivity contribution < 1.29 is 4.74 Å². The predicted molar refractivity (Wildman–Crippen MR) is 97.3 cm³/mol. The Morgan fingerprint density at radius 2 is 1.95 bits per heavy atom. The smallest absolute Gasteiger partial charge is 0.123 e.